The minimum atomic E-state index is 0.759. The third-order valence-electron chi connectivity index (χ3n) is 1.28. The molecule has 0 fully saturated rings. The molecule has 0 aliphatic carbocycles. The lowest BCUT2D eigenvalue weighted by atomic mass is 10.4. The third kappa shape index (κ3) is 1.52. The Kier molecular flexibility index (Phi) is 2.05. The summed E-state index contributed by atoms with van der Waals surface area (Å²) in [5, 5.41) is 12.1. The Hall–Kier alpha value is -0.610. The zero-order valence-electron chi connectivity index (χ0n) is 5.73. The van der Waals surface area contributed by atoms with Gasteiger partial charge in [-0.05, 0) is 11.4 Å². The standard InChI is InChI=1S/C7H6N2S2/c1-2-7(11-3-1)6-4-10-5-8-9-6/h1-4H,5H2. The van der Waals surface area contributed by atoms with Crippen LogP contribution in [0.15, 0.2) is 33.1 Å². The average Bonchev–Trinajstić information content (AvgIpc) is 2.58. The minimum absolute atomic E-state index is 0.759. The van der Waals surface area contributed by atoms with Gasteiger partial charge in [0, 0.05) is 5.41 Å². The highest BCUT2D eigenvalue weighted by Crippen LogP contribution is 2.27. The number of thiophene rings is 1. The SMILES string of the molecule is C1=C(c2cccs2)N=NCS1. The van der Waals surface area contributed by atoms with Crippen molar-refractivity contribution in [2.75, 3.05) is 5.88 Å². The second kappa shape index (κ2) is 3.19. The summed E-state index contributed by atoms with van der Waals surface area (Å²) in [6, 6.07) is 4.08. The third-order valence-corrected chi connectivity index (χ3v) is 2.83. The van der Waals surface area contributed by atoms with Gasteiger partial charge in [-0.3, -0.25) is 0 Å². The molecular formula is C7H6N2S2. The highest BCUT2D eigenvalue weighted by Gasteiger charge is 2.03. The van der Waals surface area contributed by atoms with Gasteiger partial charge < -0.3 is 0 Å². The van der Waals surface area contributed by atoms with Crippen molar-refractivity contribution in [2.24, 2.45) is 10.2 Å². The summed E-state index contributed by atoms with van der Waals surface area (Å²) in [4.78, 5) is 1.20. The topological polar surface area (TPSA) is 24.7 Å². The van der Waals surface area contributed by atoms with E-state index >= 15 is 0 Å². The fraction of sp³-hybridized carbons (Fsp3) is 0.143. The van der Waals surface area contributed by atoms with E-state index in [4.69, 9.17) is 0 Å². The minimum Gasteiger partial charge on any atom is -0.177 e. The maximum Gasteiger partial charge on any atom is 0.110 e. The Morgan fingerprint density at radius 2 is 2.45 bits per heavy atom. The van der Waals surface area contributed by atoms with Crippen LogP contribution in [0, 0.1) is 0 Å². The van der Waals surface area contributed by atoms with Gasteiger partial charge in [0.15, 0.2) is 0 Å². The molecule has 1 aromatic rings. The molecule has 1 aliphatic heterocycles. The molecule has 0 N–H and O–H groups in total. The van der Waals surface area contributed by atoms with E-state index in [-0.39, 0.29) is 0 Å². The number of rotatable bonds is 1. The van der Waals surface area contributed by atoms with Gasteiger partial charge in [-0.15, -0.1) is 23.1 Å². The monoisotopic (exact) mass is 182 g/mol. The van der Waals surface area contributed by atoms with E-state index in [9.17, 15) is 0 Å². The molecule has 2 heterocycles. The van der Waals surface area contributed by atoms with Crippen molar-refractivity contribution in [3.8, 4) is 0 Å². The van der Waals surface area contributed by atoms with Crippen LogP contribution >= 0.6 is 23.1 Å². The second-order valence-electron chi connectivity index (χ2n) is 2.02. The number of hydrogen-bond acceptors (Lipinski definition) is 4. The van der Waals surface area contributed by atoms with Gasteiger partial charge in [-0.1, -0.05) is 6.07 Å². The van der Waals surface area contributed by atoms with Crippen molar-refractivity contribution in [3.63, 3.8) is 0 Å². The Morgan fingerprint density at radius 1 is 1.45 bits per heavy atom. The summed E-state index contributed by atoms with van der Waals surface area (Å²) in [6.07, 6.45) is 0. The highest BCUT2D eigenvalue weighted by molar-refractivity contribution is 8.02. The second-order valence-corrected chi connectivity index (χ2v) is 3.79. The smallest absolute Gasteiger partial charge is 0.110 e. The molecule has 0 bridgehead atoms. The van der Waals surface area contributed by atoms with Crippen LogP contribution in [-0.4, -0.2) is 5.88 Å². The Labute approximate surface area is 73.0 Å². The quantitative estimate of drug-likeness (QED) is 0.654. The predicted octanol–water partition coefficient (Wildman–Crippen LogP) is 3.20. The fourth-order valence-electron chi connectivity index (χ4n) is 0.810. The summed E-state index contributed by atoms with van der Waals surface area (Å²) in [6.45, 7) is 0. The first-order valence-electron chi connectivity index (χ1n) is 3.20. The molecule has 0 spiro atoms. The lowest BCUT2D eigenvalue weighted by molar-refractivity contribution is 1.14. The van der Waals surface area contributed by atoms with Crippen molar-refractivity contribution < 1.29 is 0 Å². The maximum atomic E-state index is 4.05. The van der Waals surface area contributed by atoms with Crippen molar-refractivity contribution in [2.45, 2.75) is 0 Å². The first-order chi connectivity index (χ1) is 5.47. The molecule has 11 heavy (non-hydrogen) atoms. The van der Waals surface area contributed by atoms with Crippen LogP contribution in [0.25, 0.3) is 5.70 Å². The summed E-state index contributed by atoms with van der Waals surface area (Å²) >= 11 is 3.38. The molecule has 1 aliphatic rings. The van der Waals surface area contributed by atoms with Gasteiger partial charge in [-0.25, -0.2) is 0 Å². The molecule has 0 saturated carbocycles. The van der Waals surface area contributed by atoms with Crippen molar-refractivity contribution in [3.05, 3.63) is 27.8 Å². The van der Waals surface area contributed by atoms with E-state index in [2.05, 4.69) is 21.7 Å². The van der Waals surface area contributed by atoms with E-state index in [1.807, 2.05) is 11.4 Å². The van der Waals surface area contributed by atoms with Gasteiger partial charge >= 0.3 is 0 Å². The lowest BCUT2D eigenvalue weighted by Crippen LogP contribution is -1.79. The fourth-order valence-corrected chi connectivity index (χ4v) is 2.10. The van der Waals surface area contributed by atoms with E-state index < -0.39 is 0 Å². The molecule has 56 valence electrons. The van der Waals surface area contributed by atoms with Crippen LogP contribution in [-0.2, 0) is 0 Å². The first kappa shape index (κ1) is 7.06. The van der Waals surface area contributed by atoms with Crippen LogP contribution in [0.1, 0.15) is 4.88 Å². The van der Waals surface area contributed by atoms with Gasteiger partial charge in [0.2, 0.25) is 0 Å². The van der Waals surface area contributed by atoms with Crippen LogP contribution in [0.2, 0.25) is 0 Å². The first-order valence-corrected chi connectivity index (χ1v) is 5.13. The molecule has 0 radical (unpaired) electrons. The van der Waals surface area contributed by atoms with Crippen LogP contribution < -0.4 is 0 Å². The molecule has 0 amide bonds. The van der Waals surface area contributed by atoms with Crippen molar-refractivity contribution >= 4 is 28.8 Å². The molecule has 2 nitrogen and oxygen atoms in total. The number of azo groups is 1. The summed E-state index contributed by atoms with van der Waals surface area (Å²) in [5.41, 5.74) is 0.997. The summed E-state index contributed by atoms with van der Waals surface area (Å²) in [5.74, 6) is 0.759. The van der Waals surface area contributed by atoms with Crippen LogP contribution in [0.5, 0.6) is 0 Å². The molecule has 0 atom stereocenters. The van der Waals surface area contributed by atoms with E-state index in [0.717, 1.165) is 11.6 Å². The van der Waals surface area contributed by atoms with E-state index in [1.54, 1.807) is 23.1 Å². The van der Waals surface area contributed by atoms with Gasteiger partial charge in [-0.2, -0.15) is 10.2 Å². The maximum absolute atomic E-state index is 4.05. The number of hydrogen-bond donors (Lipinski definition) is 0. The molecule has 0 aromatic carbocycles. The molecule has 0 saturated heterocycles. The molecular weight excluding hydrogens is 176 g/mol. The zero-order chi connectivity index (χ0) is 7.52. The molecule has 4 heteroatoms. The number of thioether (sulfide) groups is 1. The van der Waals surface area contributed by atoms with Gasteiger partial charge in [0.1, 0.15) is 11.6 Å². The number of nitrogens with zero attached hydrogens (tertiary/aromatic N) is 2. The molecule has 2 rings (SSSR count). The lowest BCUT2D eigenvalue weighted by Gasteiger charge is -2.00. The van der Waals surface area contributed by atoms with Crippen molar-refractivity contribution in [1.29, 1.82) is 0 Å². The Balaban J connectivity index is 2.29. The van der Waals surface area contributed by atoms with Crippen LogP contribution in [0.3, 0.4) is 0 Å². The van der Waals surface area contributed by atoms with E-state index in [0.29, 0.717) is 0 Å². The normalized spacial score (nSPS) is 16.5. The summed E-state index contributed by atoms with van der Waals surface area (Å²) < 4.78 is 0. The Morgan fingerprint density at radius 3 is 3.09 bits per heavy atom. The van der Waals surface area contributed by atoms with Gasteiger partial charge in [0.25, 0.3) is 0 Å². The van der Waals surface area contributed by atoms with E-state index in [1.165, 1.54) is 4.88 Å². The highest BCUT2D eigenvalue weighted by atomic mass is 32.2. The average molecular weight is 182 g/mol. The molecule has 1 aromatic heterocycles. The summed E-state index contributed by atoms with van der Waals surface area (Å²) in [7, 11) is 0. The van der Waals surface area contributed by atoms with Crippen molar-refractivity contribution in [1.82, 2.24) is 0 Å². The molecule has 0 unspecified atom stereocenters. The largest absolute Gasteiger partial charge is 0.177 e. The van der Waals surface area contributed by atoms with Crippen LogP contribution in [0.4, 0.5) is 0 Å². The predicted molar refractivity (Wildman–Crippen MR) is 49.6 cm³/mol. The van der Waals surface area contributed by atoms with Gasteiger partial charge in [0.05, 0.1) is 4.88 Å². The Bertz CT molecular complexity index is 287. The zero-order valence-corrected chi connectivity index (χ0v) is 7.36.